The monoisotopic (exact) mass is 377 g/mol. The summed E-state index contributed by atoms with van der Waals surface area (Å²) in [6.45, 7) is 0. The van der Waals surface area contributed by atoms with Crippen LogP contribution in [0.1, 0.15) is 0 Å². The lowest BCUT2D eigenvalue weighted by Crippen LogP contribution is -1.97. The van der Waals surface area contributed by atoms with Gasteiger partial charge in [0.25, 0.3) is 0 Å². The van der Waals surface area contributed by atoms with Crippen LogP contribution in [0.4, 0.5) is 5.69 Å². The Kier molecular flexibility index (Phi) is 3.86. The van der Waals surface area contributed by atoms with Gasteiger partial charge in [0.05, 0.1) is 10.7 Å². The van der Waals surface area contributed by atoms with Crippen LogP contribution in [0, 0.1) is 0 Å². The average molecular weight is 379 g/mol. The van der Waals surface area contributed by atoms with Gasteiger partial charge in [0.2, 0.25) is 11.2 Å². The third-order valence-corrected chi connectivity index (χ3v) is 3.15. The fourth-order valence-corrected chi connectivity index (χ4v) is 2.35. The van der Waals surface area contributed by atoms with E-state index in [1.54, 1.807) is 6.07 Å². The van der Waals surface area contributed by atoms with E-state index in [0.717, 1.165) is 8.95 Å². The molecule has 17 heavy (non-hydrogen) atoms. The van der Waals surface area contributed by atoms with Crippen molar-refractivity contribution in [1.82, 2.24) is 9.97 Å². The number of ether oxygens (including phenoxy) is 1. The lowest BCUT2D eigenvalue weighted by molar-refractivity contribution is 0.461. The van der Waals surface area contributed by atoms with E-state index in [0.29, 0.717) is 11.4 Å². The topological polar surface area (TPSA) is 61.0 Å². The van der Waals surface area contributed by atoms with Crippen molar-refractivity contribution in [1.29, 1.82) is 0 Å². The Morgan fingerprint density at radius 1 is 1.29 bits per heavy atom. The van der Waals surface area contributed by atoms with Crippen LogP contribution in [-0.2, 0) is 0 Å². The summed E-state index contributed by atoms with van der Waals surface area (Å²) in [5, 5.41) is 0.0856. The Balaban J connectivity index is 2.34. The van der Waals surface area contributed by atoms with Gasteiger partial charge in [-0.3, -0.25) is 0 Å². The van der Waals surface area contributed by atoms with E-state index in [1.165, 1.54) is 6.20 Å². The van der Waals surface area contributed by atoms with Gasteiger partial charge in [0.1, 0.15) is 11.4 Å². The molecular weight excluding hydrogens is 373 g/mol. The highest BCUT2D eigenvalue weighted by molar-refractivity contribution is 9.11. The van der Waals surface area contributed by atoms with Crippen molar-refractivity contribution in [3.8, 4) is 11.6 Å². The van der Waals surface area contributed by atoms with Crippen LogP contribution in [0.3, 0.4) is 0 Å². The van der Waals surface area contributed by atoms with E-state index in [4.69, 9.17) is 22.1 Å². The molecule has 0 aliphatic carbocycles. The first kappa shape index (κ1) is 12.6. The van der Waals surface area contributed by atoms with Gasteiger partial charge in [-0.15, -0.1) is 0 Å². The molecule has 88 valence electrons. The van der Waals surface area contributed by atoms with E-state index in [1.807, 2.05) is 12.1 Å². The number of anilines is 1. The second-order valence-electron chi connectivity index (χ2n) is 3.08. The van der Waals surface area contributed by atoms with Crippen LogP contribution in [0.25, 0.3) is 0 Å². The van der Waals surface area contributed by atoms with Crippen LogP contribution >= 0.6 is 43.5 Å². The van der Waals surface area contributed by atoms with Gasteiger partial charge in [0.15, 0.2) is 0 Å². The summed E-state index contributed by atoms with van der Waals surface area (Å²) >= 11 is 12.4. The van der Waals surface area contributed by atoms with E-state index in [9.17, 15) is 0 Å². The number of halogens is 3. The number of rotatable bonds is 2. The lowest BCUT2D eigenvalue weighted by atomic mass is 10.3. The third-order valence-electron chi connectivity index (χ3n) is 1.85. The van der Waals surface area contributed by atoms with Crippen molar-refractivity contribution in [3.05, 3.63) is 38.6 Å². The molecule has 0 saturated carbocycles. The molecule has 0 unspecified atom stereocenters. The number of aromatic nitrogens is 2. The minimum atomic E-state index is 0.0856. The molecule has 0 aliphatic heterocycles. The highest BCUT2D eigenvalue weighted by Crippen LogP contribution is 2.33. The third kappa shape index (κ3) is 3.08. The number of hydrogen-bond donors (Lipinski definition) is 1. The van der Waals surface area contributed by atoms with Gasteiger partial charge in [-0.25, -0.2) is 4.98 Å². The van der Waals surface area contributed by atoms with Gasteiger partial charge in [-0.1, -0.05) is 15.9 Å². The minimum absolute atomic E-state index is 0.0856. The smallest absolute Gasteiger partial charge is 0.247 e. The van der Waals surface area contributed by atoms with E-state index >= 15 is 0 Å². The van der Waals surface area contributed by atoms with Gasteiger partial charge in [-0.2, -0.15) is 4.98 Å². The predicted molar refractivity (Wildman–Crippen MR) is 73.4 cm³/mol. The van der Waals surface area contributed by atoms with Crippen LogP contribution in [0.5, 0.6) is 11.6 Å². The summed E-state index contributed by atoms with van der Waals surface area (Å²) in [4.78, 5) is 7.65. The van der Waals surface area contributed by atoms with Gasteiger partial charge < -0.3 is 10.5 Å². The van der Waals surface area contributed by atoms with Crippen molar-refractivity contribution in [2.45, 2.75) is 0 Å². The quantitative estimate of drug-likeness (QED) is 0.801. The molecule has 0 atom stereocenters. The SMILES string of the molecule is Nc1cnc(Cl)nc1Oc1ccc(Br)cc1Br. The van der Waals surface area contributed by atoms with Crippen molar-refractivity contribution < 1.29 is 4.74 Å². The molecule has 7 heteroatoms. The van der Waals surface area contributed by atoms with Crippen LogP contribution < -0.4 is 10.5 Å². The molecular formula is C10H6Br2ClN3O. The minimum Gasteiger partial charge on any atom is -0.436 e. The molecule has 0 saturated heterocycles. The zero-order valence-corrected chi connectivity index (χ0v) is 12.3. The number of nitrogen functional groups attached to an aromatic ring is 1. The number of benzene rings is 1. The van der Waals surface area contributed by atoms with Crippen molar-refractivity contribution in [2.24, 2.45) is 0 Å². The van der Waals surface area contributed by atoms with Gasteiger partial charge >= 0.3 is 0 Å². The highest BCUT2D eigenvalue weighted by atomic mass is 79.9. The normalized spacial score (nSPS) is 10.3. The molecule has 0 spiro atoms. The maximum atomic E-state index is 5.68. The second-order valence-corrected chi connectivity index (χ2v) is 5.18. The van der Waals surface area contributed by atoms with Gasteiger partial charge in [0, 0.05) is 4.47 Å². The molecule has 2 rings (SSSR count). The Hall–Kier alpha value is -0.850. The number of nitrogens with zero attached hydrogens (tertiary/aromatic N) is 2. The first-order valence-corrected chi connectivity index (χ1v) is 6.43. The van der Waals surface area contributed by atoms with Crippen LogP contribution in [-0.4, -0.2) is 9.97 Å². The van der Waals surface area contributed by atoms with E-state index in [-0.39, 0.29) is 11.2 Å². The lowest BCUT2D eigenvalue weighted by Gasteiger charge is -2.08. The molecule has 2 aromatic rings. The zero-order valence-electron chi connectivity index (χ0n) is 8.32. The van der Waals surface area contributed by atoms with Crippen LogP contribution in [0.2, 0.25) is 5.28 Å². The molecule has 0 aliphatic rings. The van der Waals surface area contributed by atoms with Crippen molar-refractivity contribution in [3.63, 3.8) is 0 Å². The highest BCUT2D eigenvalue weighted by Gasteiger charge is 2.08. The Bertz CT molecular complexity index is 565. The molecule has 1 heterocycles. The van der Waals surface area contributed by atoms with Crippen molar-refractivity contribution >= 4 is 49.1 Å². The summed E-state index contributed by atoms with van der Waals surface area (Å²) in [6, 6.07) is 5.48. The largest absolute Gasteiger partial charge is 0.436 e. The average Bonchev–Trinajstić information content (AvgIpc) is 2.27. The molecule has 2 N–H and O–H groups in total. The Labute approximate surface area is 119 Å². The molecule has 0 radical (unpaired) electrons. The molecule has 0 amide bonds. The first-order valence-electron chi connectivity index (χ1n) is 4.47. The summed E-state index contributed by atoms with van der Waals surface area (Å²) in [6.07, 6.45) is 1.40. The summed E-state index contributed by atoms with van der Waals surface area (Å²) in [5.41, 5.74) is 6.01. The zero-order chi connectivity index (χ0) is 12.4. The summed E-state index contributed by atoms with van der Waals surface area (Å²) in [5.74, 6) is 0.822. The second kappa shape index (κ2) is 5.20. The number of hydrogen-bond acceptors (Lipinski definition) is 4. The fourth-order valence-electron chi connectivity index (χ4n) is 1.10. The van der Waals surface area contributed by atoms with Crippen LogP contribution in [0.15, 0.2) is 33.3 Å². The Morgan fingerprint density at radius 3 is 2.76 bits per heavy atom. The molecule has 0 fully saturated rings. The standard InChI is InChI=1S/C10H6Br2ClN3O/c11-5-1-2-8(6(12)3-5)17-9-7(14)4-15-10(13)16-9/h1-4H,14H2. The van der Waals surface area contributed by atoms with Crippen molar-refractivity contribution in [2.75, 3.05) is 5.73 Å². The molecule has 1 aromatic carbocycles. The maximum absolute atomic E-state index is 5.68. The number of nitrogens with two attached hydrogens (primary N) is 1. The summed E-state index contributed by atoms with van der Waals surface area (Å²) < 4.78 is 7.26. The summed E-state index contributed by atoms with van der Waals surface area (Å²) in [7, 11) is 0. The molecule has 4 nitrogen and oxygen atoms in total. The molecule has 0 bridgehead atoms. The van der Waals surface area contributed by atoms with E-state index in [2.05, 4.69) is 41.8 Å². The van der Waals surface area contributed by atoms with E-state index < -0.39 is 0 Å². The maximum Gasteiger partial charge on any atom is 0.247 e. The first-order chi connectivity index (χ1) is 8.06. The molecule has 1 aromatic heterocycles. The van der Waals surface area contributed by atoms with Gasteiger partial charge in [-0.05, 0) is 45.7 Å². The fraction of sp³-hybridized carbons (Fsp3) is 0. The Morgan fingerprint density at radius 2 is 2.06 bits per heavy atom. The predicted octanol–water partition coefficient (Wildman–Crippen LogP) is 4.03.